The fourth-order valence-corrected chi connectivity index (χ4v) is 2.33. The van der Waals surface area contributed by atoms with Gasteiger partial charge in [0, 0.05) is 5.69 Å². The van der Waals surface area contributed by atoms with Crippen molar-refractivity contribution in [3.05, 3.63) is 77.6 Å². The minimum Gasteiger partial charge on any atom is -0.339 e. The fraction of sp³-hybridized carbons (Fsp3) is 0.105. The monoisotopic (exact) mass is 390 g/mol. The molecule has 0 aliphatic heterocycles. The molecule has 3 aromatic rings. The Labute approximate surface area is 157 Å². The molecule has 1 amide bonds. The Morgan fingerprint density at radius 3 is 2.04 bits per heavy atom. The van der Waals surface area contributed by atoms with Gasteiger partial charge in [-0.2, -0.15) is 13.2 Å². The lowest BCUT2D eigenvalue weighted by atomic mass is 10.1. The molecular formula is C19H14F4N4O. The predicted molar refractivity (Wildman–Crippen MR) is 95.5 cm³/mol. The molecule has 0 bridgehead atoms. The Balaban J connectivity index is 1.57. The quantitative estimate of drug-likeness (QED) is 0.627. The van der Waals surface area contributed by atoms with Crippen molar-refractivity contribution in [1.82, 2.24) is 10.2 Å². The first-order chi connectivity index (χ1) is 13.3. The van der Waals surface area contributed by atoms with E-state index < -0.39 is 11.7 Å². The van der Waals surface area contributed by atoms with E-state index >= 15 is 0 Å². The maximum atomic E-state index is 12.9. The van der Waals surface area contributed by atoms with E-state index in [2.05, 4.69) is 20.8 Å². The summed E-state index contributed by atoms with van der Waals surface area (Å²) in [5.41, 5.74) is 0.311. The van der Waals surface area contributed by atoms with Crippen molar-refractivity contribution in [2.24, 2.45) is 0 Å². The third-order valence-electron chi connectivity index (χ3n) is 3.69. The lowest BCUT2D eigenvalue weighted by molar-refractivity contribution is -0.137. The van der Waals surface area contributed by atoms with Crippen LogP contribution in [-0.4, -0.2) is 16.1 Å². The molecule has 2 N–H and O–H groups in total. The summed E-state index contributed by atoms with van der Waals surface area (Å²) in [7, 11) is 0. The van der Waals surface area contributed by atoms with E-state index in [4.69, 9.17) is 0 Å². The van der Waals surface area contributed by atoms with Gasteiger partial charge in [-0.25, -0.2) is 4.39 Å². The number of hydrogen-bond donors (Lipinski definition) is 2. The zero-order valence-electron chi connectivity index (χ0n) is 14.3. The third-order valence-corrected chi connectivity index (χ3v) is 3.69. The smallest absolute Gasteiger partial charge is 0.339 e. The van der Waals surface area contributed by atoms with Crippen molar-refractivity contribution in [2.45, 2.75) is 12.6 Å². The summed E-state index contributed by atoms with van der Waals surface area (Å²) in [6, 6.07) is 13.1. The number of alkyl halides is 3. The summed E-state index contributed by atoms with van der Waals surface area (Å²) in [5, 5.41) is 13.1. The topological polar surface area (TPSA) is 66.9 Å². The van der Waals surface area contributed by atoms with Gasteiger partial charge >= 0.3 is 6.18 Å². The molecule has 3 rings (SSSR count). The number of amides is 1. The molecule has 1 aromatic heterocycles. The van der Waals surface area contributed by atoms with Crippen LogP contribution in [0.2, 0.25) is 0 Å². The van der Waals surface area contributed by atoms with Gasteiger partial charge in [0.05, 0.1) is 12.0 Å². The van der Waals surface area contributed by atoms with E-state index in [0.29, 0.717) is 17.1 Å². The van der Waals surface area contributed by atoms with Gasteiger partial charge in [0.25, 0.3) is 0 Å². The Morgan fingerprint density at radius 1 is 0.857 bits per heavy atom. The highest BCUT2D eigenvalue weighted by Gasteiger charge is 2.29. The first-order valence-corrected chi connectivity index (χ1v) is 8.12. The van der Waals surface area contributed by atoms with Crippen LogP contribution in [0.25, 0.3) is 0 Å². The molecule has 0 saturated heterocycles. The number of rotatable bonds is 5. The highest BCUT2D eigenvalue weighted by Crippen LogP contribution is 2.30. The summed E-state index contributed by atoms with van der Waals surface area (Å²) in [6.45, 7) is 0. The van der Waals surface area contributed by atoms with Gasteiger partial charge in [-0.05, 0) is 54.1 Å². The third kappa shape index (κ3) is 5.26. The average Bonchev–Trinajstić information content (AvgIpc) is 2.65. The van der Waals surface area contributed by atoms with Gasteiger partial charge in [0.15, 0.2) is 11.6 Å². The second kappa shape index (κ2) is 8.03. The molecule has 5 nitrogen and oxygen atoms in total. The Morgan fingerprint density at radius 2 is 1.46 bits per heavy atom. The second-order valence-corrected chi connectivity index (χ2v) is 5.86. The number of nitrogens with zero attached hydrogens (tertiary/aromatic N) is 2. The summed E-state index contributed by atoms with van der Waals surface area (Å²) in [5.74, 6) is -0.211. The molecule has 0 aliphatic rings. The maximum absolute atomic E-state index is 12.9. The summed E-state index contributed by atoms with van der Waals surface area (Å²) in [6.07, 6.45) is -4.35. The summed E-state index contributed by atoms with van der Waals surface area (Å²) in [4.78, 5) is 12.0. The highest BCUT2D eigenvalue weighted by molar-refractivity contribution is 5.91. The van der Waals surface area contributed by atoms with Crippen LogP contribution in [0.5, 0.6) is 0 Å². The predicted octanol–water partition coefficient (Wildman–Crippen LogP) is 4.56. The number of carbonyl (C=O) groups excluding carboxylic acids is 1. The normalized spacial score (nSPS) is 11.1. The van der Waals surface area contributed by atoms with Crippen LogP contribution in [0.15, 0.2) is 60.7 Å². The lowest BCUT2D eigenvalue weighted by Crippen LogP contribution is -2.15. The van der Waals surface area contributed by atoms with Crippen molar-refractivity contribution < 1.29 is 22.4 Å². The molecule has 0 unspecified atom stereocenters. The molecular weight excluding hydrogens is 376 g/mol. The first-order valence-electron chi connectivity index (χ1n) is 8.12. The van der Waals surface area contributed by atoms with Gasteiger partial charge in [-0.15, -0.1) is 10.2 Å². The Bertz CT molecular complexity index is 940. The van der Waals surface area contributed by atoms with Crippen LogP contribution in [0.3, 0.4) is 0 Å². The maximum Gasteiger partial charge on any atom is 0.416 e. The number of nitrogens with one attached hydrogen (secondary N) is 2. The second-order valence-electron chi connectivity index (χ2n) is 5.86. The van der Waals surface area contributed by atoms with E-state index in [1.54, 1.807) is 0 Å². The molecule has 0 aliphatic carbocycles. The number of aromatic nitrogens is 2. The van der Waals surface area contributed by atoms with Gasteiger partial charge in [0.2, 0.25) is 5.91 Å². The highest BCUT2D eigenvalue weighted by atomic mass is 19.4. The minimum absolute atomic E-state index is 0.0491. The number of anilines is 3. The van der Waals surface area contributed by atoms with Crippen molar-refractivity contribution >= 4 is 23.2 Å². The van der Waals surface area contributed by atoms with E-state index in [1.807, 2.05) is 0 Å². The fourth-order valence-electron chi connectivity index (χ4n) is 2.33. The first kappa shape index (κ1) is 19.3. The average molecular weight is 390 g/mol. The van der Waals surface area contributed by atoms with Crippen LogP contribution >= 0.6 is 0 Å². The SMILES string of the molecule is O=C(Cc1ccc(F)cc1)Nc1ccc(Nc2ccc(C(F)(F)F)cc2)nn1. The number of hydrogen-bond acceptors (Lipinski definition) is 4. The van der Waals surface area contributed by atoms with E-state index in [0.717, 1.165) is 12.1 Å². The molecule has 144 valence electrons. The van der Waals surface area contributed by atoms with Crippen molar-refractivity contribution in [2.75, 3.05) is 10.6 Å². The molecule has 0 fully saturated rings. The number of benzene rings is 2. The molecule has 0 saturated carbocycles. The van der Waals surface area contributed by atoms with Gasteiger partial charge in [-0.3, -0.25) is 4.79 Å². The van der Waals surface area contributed by atoms with Crippen LogP contribution in [0.4, 0.5) is 34.9 Å². The zero-order valence-corrected chi connectivity index (χ0v) is 14.3. The standard InChI is InChI=1S/C19H14F4N4O/c20-14-5-1-12(2-6-14)11-18(28)25-17-10-9-16(26-27-17)24-15-7-3-13(4-8-15)19(21,22)23/h1-10H,11H2,(H,24,26)(H,25,27,28). The van der Waals surface area contributed by atoms with Gasteiger partial charge < -0.3 is 10.6 Å². The van der Waals surface area contributed by atoms with Crippen molar-refractivity contribution in [1.29, 1.82) is 0 Å². The molecule has 28 heavy (non-hydrogen) atoms. The van der Waals surface area contributed by atoms with E-state index in [1.165, 1.54) is 48.5 Å². The molecule has 2 aromatic carbocycles. The molecule has 9 heteroatoms. The van der Waals surface area contributed by atoms with Crippen molar-refractivity contribution in [3.63, 3.8) is 0 Å². The Hall–Kier alpha value is -3.49. The van der Waals surface area contributed by atoms with Crippen LogP contribution in [-0.2, 0) is 17.4 Å². The van der Waals surface area contributed by atoms with E-state index in [9.17, 15) is 22.4 Å². The number of carbonyl (C=O) groups is 1. The summed E-state index contributed by atoms with van der Waals surface area (Å²) >= 11 is 0. The minimum atomic E-state index is -4.40. The lowest BCUT2D eigenvalue weighted by Gasteiger charge is -2.09. The molecule has 1 heterocycles. The molecule has 0 atom stereocenters. The molecule has 0 radical (unpaired) electrons. The van der Waals surface area contributed by atoms with E-state index in [-0.39, 0.29) is 24.0 Å². The van der Waals surface area contributed by atoms with Crippen LogP contribution in [0.1, 0.15) is 11.1 Å². The van der Waals surface area contributed by atoms with Crippen LogP contribution in [0, 0.1) is 5.82 Å². The van der Waals surface area contributed by atoms with Gasteiger partial charge in [-0.1, -0.05) is 12.1 Å². The Kier molecular flexibility index (Phi) is 5.53. The molecule has 0 spiro atoms. The largest absolute Gasteiger partial charge is 0.416 e. The summed E-state index contributed by atoms with van der Waals surface area (Å²) < 4.78 is 50.5. The van der Waals surface area contributed by atoms with Crippen molar-refractivity contribution in [3.8, 4) is 0 Å². The van der Waals surface area contributed by atoms with Crippen LogP contribution < -0.4 is 10.6 Å². The number of halogens is 4. The zero-order chi connectivity index (χ0) is 20.1. The van der Waals surface area contributed by atoms with Gasteiger partial charge in [0.1, 0.15) is 5.82 Å².